The molecule has 110 valence electrons. The predicted molar refractivity (Wildman–Crippen MR) is 73.0 cm³/mol. The van der Waals surface area contributed by atoms with Crippen LogP contribution in [0.2, 0.25) is 10.0 Å². The second-order valence-corrected chi connectivity index (χ2v) is 4.94. The molecule has 2 aromatic carbocycles. The summed E-state index contributed by atoms with van der Waals surface area (Å²) in [5.74, 6) is -0.978. The second-order valence-electron chi connectivity index (χ2n) is 4.06. The third-order valence-corrected chi connectivity index (χ3v) is 2.89. The maximum absolute atomic E-state index is 12.2. The Bertz CT molecular complexity index is 664. The van der Waals surface area contributed by atoms with E-state index in [-0.39, 0.29) is 21.2 Å². The van der Waals surface area contributed by atoms with Crippen LogP contribution in [-0.2, 0) is 0 Å². The number of ketones is 1. The van der Waals surface area contributed by atoms with Crippen molar-refractivity contribution >= 4 is 29.0 Å². The zero-order valence-corrected chi connectivity index (χ0v) is 11.8. The average Bonchev–Trinajstić information content (AvgIpc) is 2.35. The van der Waals surface area contributed by atoms with Gasteiger partial charge in [0.25, 0.3) is 0 Å². The van der Waals surface area contributed by atoms with Gasteiger partial charge in [-0.25, -0.2) is 0 Å². The van der Waals surface area contributed by atoms with Gasteiger partial charge in [-0.05, 0) is 30.3 Å². The molecule has 0 aromatic heterocycles. The Labute approximate surface area is 128 Å². The summed E-state index contributed by atoms with van der Waals surface area (Å²) >= 11 is 11.6. The highest BCUT2D eigenvalue weighted by Crippen LogP contribution is 2.25. The first-order chi connectivity index (χ1) is 9.74. The van der Waals surface area contributed by atoms with E-state index in [1.807, 2.05) is 0 Å². The number of carbonyl (C=O) groups excluding carboxylic acids is 1. The van der Waals surface area contributed by atoms with Crippen molar-refractivity contribution in [3.8, 4) is 5.75 Å². The van der Waals surface area contributed by atoms with E-state index in [0.29, 0.717) is 0 Å². The lowest BCUT2D eigenvalue weighted by atomic mass is 10.0. The fraction of sp³-hybridized carbons (Fsp3) is 0.0714. The van der Waals surface area contributed by atoms with Crippen LogP contribution in [0.1, 0.15) is 15.9 Å². The molecule has 2 nitrogen and oxygen atoms in total. The molecule has 0 fully saturated rings. The second kappa shape index (κ2) is 5.95. The van der Waals surface area contributed by atoms with Crippen LogP contribution in [0.15, 0.2) is 42.5 Å². The first-order valence-corrected chi connectivity index (χ1v) is 6.37. The fourth-order valence-corrected chi connectivity index (χ4v) is 2.21. The summed E-state index contributed by atoms with van der Waals surface area (Å²) in [6.45, 7) is 0. The molecule has 0 N–H and O–H groups in total. The minimum absolute atomic E-state index is 0.0371. The average molecular weight is 335 g/mol. The Morgan fingerprint density at radius 2 is 1.57 bits per heavy atom. The summed E-state index contributed by atoms with van der Waals surface area (Å²) in [7, 11) is 0. The van der Waals surface area contributed by atoms with Crippen LogP contribution < -0.4 is 4.74 Å². The highest BCUT2D eigenvalue weighted by Gasteiger charge is 2.31. The van der Waals surface area contributed by atoms with Gasteiger partial charge >= 0.3 is 6.36 Å². The van der Waals surface area contributed by atoms with Crippen molar-refractivity contribution in [2.24, 2.45) is 0 Å². The lowest BCUT2D eigenvalue weighted by molar-refractivity contribution is -0.274. The van der Waals surface area contributed by atoms with E-state index < -0.39 is 17.9 Å². The lowest BCUT2D eigenvalue weighted by Gasteiger charge is -2.10. The van der Waals surface area contributed by atoms with Crippen LogP contribution in [0.25, 0.3) is 0 Å². The summed E-state index contributed by atoms with van der Waals surface area (Å²) in [5.41, 5.74) is 0.215. The van der Waals surface area contributed by atoms with Crippen LogP contribution in [0.4, 0.5) is 13.2 Å². The summed E-state index contributed by atoms with van der Waals surface area (Å²) in [6.07, 6.45) is -4.82. The third-order valence-electron chi connectivity index (χ3n) is 2.45. The molecule has 2 aromatic rings. The van der Waals surface area contributed by atoms with Gasteiger partial charge in [0.15, 0.2) is 5.78 Å². The molecule has 0 bridgehead atoms. The molecule has 2 rings (SSSR count). The van der Waals surface area contributed by atoms with E-state index in [1.165, 1.54) is 30.3 Å². The zero-order chi connectivity index (χ0) is 15.6. The van der Waals surface area contributed by atoms with Gasteiger partial charge < -0.3 is 4.74 Å². The first kappa shape index (κ1) is 15.7. The third kappa shape index (κ3) is 4.37. The number of hydrogen-bond acceptors (Lipinski definition) is 2. The normalized spacial score (nSPS) is 11.3. The van der Waals surface area contributed by atoms with E-state index in [9.17, 15) is 18.0 Å². The molecule has 0 aliphatic rings. The molecule has 7 heteroatoms. The van der Waals surface area contributed by atoms with Gasteiger partial charge in [-0.2, -0.15) is 0 Å². The van der Waals surface area contributed by atoms with Gasteiger partial charge in [0.1, 0.15) is 5.75 Å². The van der Waals surface area contributed by atoms with Crippen LogP contribution in [0.5, 0.6) is 5.75 Å². The van der Waals surface area contributed by atoms with Gasteiger partial charge in [0, 0.05) is 21.2 Å². The Hall–Kier alpha value is -1.72. The van der Waals surface area contributed by atoms with Gasteiger partial charge in [0.05, 0.1) is 0 Å². The first-order valence-electron chi connectivity index (χ1n) is 5.61. The molecule has 0 atom stereocenters. The smallest absolute Gasteiger partial charge is 0.406 e. The minimum Gasteiger partial charge on any atom is -0.406 e. The molecule has 0 saturated heterocycles. The summed E-state index contributed by atoms with van der Waals surface area (Å²) in [4.78, 5) is 12.2. The highest BCUT2D eigenvalue weighted by atomic mass is 35.5. The van der Waals surface area contributed by atoms with Crippen molar-refractivity contribution in [2.45, 2.75) is 6.36 Å². The fourth-order valence-electron chi connectivity index (χ4n) is 1.69. The molecule has 0 radical (unpaired) electrons. The number of rotatable bonds is 3. The van der Waals surface area contributed by atoms with Crippen LogP contribution >= 0.6 is 23.2 Å². The molecule has 0 aliphatic heterocycles. The molecule has 21 heavy (non-hydrogen) atoms. The number of carbonyl (C=O) groups is 1. The maximum Gasteiger partial charge on any atom is 0.573 e. The molecule has 0 aliphatic carbocycles. The summed E-state index contributed by atoms with van der Waals surface area (Å²) in [6, 6.07) is 8.99. The molecule has 0 spiro atoms. The minimum atomic E-state index is -4.82. The number of benzene rings is 2. The van der Waals surface area contributed by atoms with Gasteiger partial charge in [0.2, 0.25) is 0 Å². The maximum atomic E-state index is 12.2. The molecule has 0 unspecified atom stereocenters. The number of hydrogen-bond donors (Lipinski definition) is 0. The number of halogens is 5. The Kier molecular flexibility index (Phi) is 4.44. The summed E-state index contributed by atoms with van der Waals surface area (Å²) < 4.78 is 40.3. The molecular formula is C14H7Cl2F3O2. The Morgan fingerprint density at radius 3 is 2.14 bits per heavy atom. The largest absolute Gasteiger partial charge is 0.573 e. The van der Waals surface area contributed by atoms with E-state index in [0.717, 1.165) is 12.1 Å². The van der Waals surface area contributed by atoms with E-state index in [4.69, 9.17) is 23.2 Å². The molecule has 0 amide bonds. The van der Waals surface area contributed by atoms with Crippen molar-refractivity contribution in [3.05, 3.63) is 63.6 Å². The van der Waals surface area contributed by atoms with Crippen LogP contribution in [-0.4, -0.2) is 12.1 Å². The van der Waals surface area contributed by atoms with Gasteiger partial charge in [-0.1, -0.05) is 35.3 Å². The Balaban J connectivity index is 2.33. The monoisotopic (exact) mass is 334 g/mol. The van der Waals surface area contributed by atoms with Crippen molar-refractivity contribution in [1.82, 2.24) is 0 Å². The quantitative estimate of drug-likeness (QED) is 0.728. The van der Waals surface area contributed by atoms with Crippen LogP contribution in [0.3, 0.4) is 0 Å². The van der Waals surface area contributed by atoms with Crippen molar-refractivity contribution in [2.75, 3.05) is 0 Å². The van der Waals surface area contributed by atoms with Crippen molar-refractivity contribution < 1.29 is 22.7 Å². The van der Waals surface area contributed by atoms with Gasteiger partial charge in [-0.3, -0.25) is 4.79 Å². The predicted octanol–water partition coefficient (Wildman–Crippen LogP) is 5.12. The number of alkyl halides is 3. The van der Waals surface area contributed by atoms with E-state index >= 15 is 0 Å². The molecular weight excluding hydrogens is 328 g/mol. The zero-order valence-electron chi connectivity index (χ0n) is 10.2. The van der Waals surface area contributed by atoms with Crippen molar-refractivity contribution in [3.63, 3.8) is 0 Å². The van der Waals surface area contributed by atoms with E-state index in [1.54, 1.807) is 0 Å². The Morgan fingerprint density at radius 1 is 0.952 bits per heavy atom. The van der Waals surface area contributed by atoms with E-state index in [2.05, 4.69) is 4.74 Å². The SMILES string of the molecule is O=C(c1cc(Cl)cc(Cl)c1)c1cccc(OC(F)(F)F)c1. The number of ether oxygens (including phenoxy) is 1. The lowest BCUT2D eigenvalue weighted by Crippen LogP contribution is -2.17. The van der Waals surface area contributed by atoms with Crippen LogP contribution in [0, 0.1) is 0 Å². The van der Waals surface area contributed by atoms with Gasteiger partial charge in [-0.15, -0.1) is 13.2 Å². The molecule has 0 heterocycles. The standard InChI is InChI=1S/C14H7Cl2F3O2/c15-10-4-9(5-11(16)7-10)13(20)8-2-1-3-12(6-8)21-14(17,18)19/h1-7H. The topological polar surface area (TPSA) is 26.3 Å². The molecule has 0 saturated carbocycles. The van der Waals surface area contributed by atoms with Crippen molar-refractivity contribution in [1.29, 1.82) is 0 Å². The highest BCUT2D eigenvalue weighted by molar-refractivity contribution is 6.35. The summed E-state index contributed by atoms with van der Waals surface area (Å²) in [5, 5.41) is 0.516.